The summed E-state index contributed by atoms with van der Waals surface area (Å²) in [5.74, 6) is 0.562. The molecule has 152 valence electrons. The van der Waals surface area contributed by atoms with Crippen molar-refractivity contribution in [1.82, 2.24) is 19.4 Å². The maximum Gasteiger partial charge on any atom is 0.274 e. The SMILES string of the molecule is Cc1cnc(C(=O)N2CCC(Oc3cccc4c3ccn4CC(F)F)CC2)cn1. The molecule has 2 aromatic heterocycles. The zero-order valence-corrected chi connectivity index (χ0v) is 16.1. The fraction of sp³-hybridized carbons (Fsp3) is 0.381. The Balaban J connectivity index is 1.40. The lowest BCUT2D eigenvalue weighted by molar-refractivity contribution is 0.0592. The number of rotatable bonds is 5. The van der Waals surface area contributed by atoms with E-state index in [1.807, 2.05) is 31.2 Å². The average Bonchev–Trinajstić information content (AvgIpc) is 3.12. The van der Waals surface area contributed by atoms with E-state index >= 15 is 0 Å². The van der Waals surface area contributed by atoms with Crippen LogP contribution in [0.15, 0.2) is 42.9 Å². The van der Waals surface area contributed by atoms with E-state index in [2.05, 4.69) is 9.97 Å². The molecule has 1 aromatic carbocycles. The highest BCUT2D eigenvalue weighted by molar-refractivity contribution is 5.92. The number of amides is 1. The number of likely N-dealkylation sites (tertiary alicyclic amines) is 1. The first-order valence-corrected chi connectivity index (χ1v) is 9.62. The Morgan fingerprint density at radius 2 is 2.00 bits per heavy atom. The number of piperidine rings is 1. The van der Waals surface area contributed by atoms with Gasteiger partial charge in [-0.15, -0.1) is 0 Å². The number of ether oxygens (including phenoxy) is 1. The fourth-order valence-electron chi connectivity index (χ4n) is 3.63. The first-order chi connectivity index (χ1) is 14.0. The third kappa shape index (κ3) is 4.21. The van der Waals surface area contributed by atoms with Gasteiger partial charge in [0.25, 0.3) is 12.3 Å². The second-order valence-electron chi connectivity index (χ2n) is 7.20. The smallest absolute Gasteiger partial charge is 0.274 e. The second-order valence-corrected chi connectivity index (χ2v) is 7.20. The van der Waals surface area contributed by atoms with Crippen LogP contribution in [0.4, 0.5) is 8.78 Å². The van der Waals surface area contributed by atoms with Gasteiger partial charge < -0.3 is 14.2 Å². The molecule has 0 spiro atoms. The minimum atomic E-state index is -2.41. The summed E-state index contributed by atoms with van der Waals surface area (Å²) in [5, 5.41) is 0.821. The molecule has 3 aromatic rings. The summed E-state index contributed by atoms with van der Waals surface area (Å²) in [7, 11) is 0. The number of nitrogens with zero attached hydrogens (tertiary/aromatic N) is 4. The molecule has 0 radical (unpaired) electrons. The number of alkyl halides is 2. The molecule has 1 saturated heterocycles. The Bertz CT molecular complexity index is 996. The van der Waals surface area contributed by atoms with Gasteiger partial charge in [0.1, 0.15) is 17.5 Å². The van der Waals surface area contributed by atoms with Crippen molar-refractivity contribution in [2.75, 3.05) is 13.1 Å². The van der Waals surface area contributed by atoms with Crippen molar-refractivity contribution >= 4 is 16.8 Å². The molecule has 1 fully saturated rings. The maximum atomic E-state index is 12.8. The Kier molecular flexibility index (Phi) is 5.42. The van der Waals surface area contributed by atoms with E-state index in [4.69, 9.17) is 4.74 Å². The van der Waals surface area contributed by atoms with Crippen LogP contribution < -0.4 is 4.74 Å². The molecule has 1 aliphatic rings. The number of carbonyl (C=O) groups is 1. The Morgan fingerprint density at radius 3 is 2.69 bits per heavy atom. The predicted octanol–water partition coefficient (Wildman–Crippen LogP) is 3.69. The van der Waals surface area contributed by atoms with Crippen LogP contribution in [0, 0.1) is 6.92 Å². The summed E-state index contributed by atoms with van der Waals surface area (Å²) in [5.41, 5.74) is 1.85. The number of halogens is 2. The van der Waals surface area contributed by atoms with Gasteiger partial charge in [-0.2, -0.15) is 0 Å². The second kappa shape index (κ2) is 8.14. The molecule has 4 rings (SSSR count). The summed E-state index contributed by atoms with van der Waals surface area (Å²) in [6.45, 7) is 2.63. The number of hydrogen-bond donors (Lipinski definition) is 0. The fourth-order valence-corrected chi connectivity index (χ4v) is 3.63. The number of aromatic nitrogens is 3. The number of benzene rings is 1. The van der Waals surface area contributed by atoms with Gasteiger partial charge in [-0.3, -0.25) is 9.78 Å². The summed E-state index contributed by atoms with van der Waals surface area (Å²) < 4.78 is 33.2. The zero-order chi connectivity index (χ0) is 20.4. The van der Waals surface area contributed by atoms with E-state index in [1.54, 1.807) is 17.3 Å². The molecule has 8 heteroatoms. The highest BCUT2D eigenvalue weighted by Gasteiger charge is 2.26. The van der Waals surface area contributed by atoms with Crippen LogP contribution >= 0.6 is 0 Å². The molecule has 29 heavy (non-hydrogen) atoms. The minimum absolute atomic E-state index is 0.0350. The van der Waals surface area contributed by atoms with Crippen molar-refractivity contribution in [2.45, 2.75) is 38.8 Å². The number of aryl methyl sites for hydroxylation is 1. The summed E-state index contributed by atoms with van der Waals surface area (Å²) in [6.07, 6.45) is 3.70. The van der Waals surface area contributed by atoms with Crippen LogP contribution in [0.3, 0.4) is 0 Å². The molecular weight excluding hydrogens is 378 g/mol. The quantitative estimate of drug-likeness (QED) is 0.655. The van der Waals surface area contributed by atoms with Crippen molar-refractivity contribution in [2.24, 2.45) is 0 Å². The van der Waals surface area contributed by atoms with Gasteiger partial charge in [0.2, 0.25) is 0 Å². The Labute approximate surface area is 167 Å². The van der Waals surface area contributed by atoms with E-state index < -0.39 is 6.43 Å². The molecule has 0 aliphatic carbocycles. The van der Waals surface area contributed by atoms with Gasteiger partial charge >= 0.3 is 0 Å². The van der Waals surface area contributed by atoms with Crippen LogP contribution in [0.1, 0.15) is 29.0 Å². The molecule has 0 unspecified atom stereocenters. The van der Waals surface area contributed by atoms with Crippen molar-refractivity contribution in [3.63, 3.8) is 0 Å². The first kappa shape index (κ1) is 19.3. The van der Waals surface area contributed by atoms with E-state index in [-0.39, 0.29) is 18.6 Å². The van der Waals surface area contributed by atoms with E-state index in [9.17, 15) is 13.6 Å². The Morgan fingerprint density at radius 1 is 1.21 bits per heavy atom. The molecule has 0 bridgehead atoms. The maximum absolute atomic E-state index is 12.8. The highest BCUT2D eigenvalue weighted by Crippen LogP contribution is 2.29. The molecular formula is C21H22F2N4O2. The predicted molar refractivity (Wildman–Crippen MR) is 104 cm³/mol. The summed E-state index contributed by atoms with van der Waals surface area (Å²) >= 11 is 0. The molecule has 3 heterocycles. The van der Waals surface area contributed by atoms with Crippen molar-refractivity contribution < 1.29 is 18.3 Å². The largest absolute Gasteiger partial charge is 0.490 e. The Hall–Kier alpha value is -3.03. The molecule has 1 amide bonds. The van der Waals surface area contributed by atoms with Crippen molar-refractivity contribution in [3.8, 4) is 5.75 Å². The average molecular weight is 400 g/mol. The lowest BCUT2D eigenvalue weighted by Gasteiger charge is -2.32. The summed E-state index contributed by atoms with van der Waals surface area (Å²) in [4.78, 5) is 22.6. The molecule has 1 aliphatic heterocycles. The monoisotopic (exact) mass is 400 g/mol. The standard InChI is InChI=1S/C21H22F2N4O2/c1-14-11-25-17(12-24-14)21(28)26-8-5-15(6-9-26)29-19-4-2-3-18-16(19)7-10-27(18)13-20(22)23/h2-4,7,10-12,15,20H,5-6,8-9,13H2,1H3. The van der Waals surface area contributed by atoms with Gasteiger partial charge in [0.15, 0.2) is 0 Å². The van der Waals surface area contributed by atoms with Gasteiger partial charge in [-0.1, -0.05) is 6.07 Å². The molecule has 6 nitrogen and oxygen atoms in total. The zero-order valence-electron chi connectivity index (χ0n) is 16.1. The molecule has 0 saturated carbocycles. The van der Waals surface area contributed by atoms with E-state index in [1.165, 1.54) is 10.8 Å². The first-order valence-electron chi connectivity index (χ1n) is 9.62. The van der Waals surface area contributed by atoms with Crippen LogP contribution in [-0.4, -0.2) is 51.0 Å². The van der Waals surface area contributed by atoms with Gasteiger partial charge in [0, 0.05) is 43.7 Å². The van der Waals surface area contributed by atoms with Crippen molar-refractivity contribution in [3.05, 3.63) is 54.2 Å². The number of carbonyl (C=O) groups excluding carboxylic acids is 1. The van der Waals surface area contributed by atoms with Crippen molar-refractivity contribution in [1.29, 1.82) is 0 Å². The lowest BCUT2D eigenvalue weighted by atomic mass is 10.1. The minimum Gasteiger partial charge on any atom is -0.490 e. The number of hydrogen-bond acceptors (Lipinski definition) is 4. The van der Waals surface area contributed by atoms with Crippen LogP contribution in [-0.2, 0) is 6.54 Å². The highest BCUT2D eigenvalue weighted by atomic mass is 19.3. The topological polar surface area (TPSA) is 60.3 Å². The third-order valence-electron chi connectivity index (χ3n) is 5.13. The van der Waals surface area contributed by atoms with Crippen LogP contribution in [0.25, 0.3) is 10.9 Å². The van der Waals surface area contributed by atoms with E-state index in [0.29, 0.717) is 37.4 Å². The normalized spacial score (nSPS) is 15.2. The van der Waals surface area contributed by atoms with Crippen LogP contribution in [0.5, 0.6) is 5.75 Å². The van der Waals surface area contributed by atoms with Gasteiger partial charge in [-0.25, -0.2) is 13.8 Å². The van der Waals surface area contributed by atoms with Gasteiger partial charge in [0.05, 0.1) is 24.0 Å². The number of fused-ring (bicyclic) bond motifs is 1. The van der Waals surface area contributed by atoms with Crippen LogP contribution in [0.2, 0.25) is 0 Å². The van der Waals surface area contributed by atoms with Gasteiger partial charge in [-0.05, 0) is 25.1 Å². The van der Waals surface area contributed by atoms with E-state index in [0.717, 1.165) is 16.6 Å². The third-order valence-corrected chi connectivity index (χ3v) is 5.13. The molecule has 0 atom stereocenters. The summed E-state index contributed by atoms with van der Waals surface area (Å²) in [6, 6.07) is 7.29. The molecule has 0 N–H and O–H groups in total. The lowest BCUT2D eigenvalue weighted by Crippen LogP contribution is -2.42.